The average molecular weight is 295 g/mol. The Labute approximate surface area is 120 Å². The van der Waals surface area contributed by atoms with Gasteiger partial charge in [0.25, 0.3) is 0 Å². The highest BCUT2D eigenvalue weighted by Crippen LogP contribution is 2.27. The van der Waals surface area contributed by atoms with Gasteiger partial charge in [0.15, 0.2) is 0 Å². The fraction of sp³-hybridized carbons (Fsp3) is 0.467. The Morgan fingerprint density at radius 1 is 1.35 bits per heavy atom. The summed E-state index contributed by atoms with van der Waals surface area (Å²) < 4.78 is 26.6. The van der Waals surface area contributed by atoms with Crippen LogP contribution in [0.2, 0.25) is 0 Å². The number of hydrogen-bond donors (Lipinski definition) is 1. The van der Waals surface area contributed by atoms with E-state index >= 15 is 0 Å². The summed E-state index contributed by atoms with van der Waals surface area (Å²) in [6.07, 6.45) is -0.0558. The predicted molar refractivity (Wildman–Crippen MR) is 78.9 cm³/mol. The van der Waals surface area contributed by atoms with Crippen LogP contribution in [0.3, 0.4) is 0 Å². The molecular formula is C15H21NO3S. The molecule has 110 valence electrons. The van der Waals surface area contributed by atoms with Crippen LogP contribution in [-0.4, -0.2) is 37.0 Å². The van der Waals surface area contributed by atoms with Crippen molar-refractivity contribution in [3.8, 4) is 0 Å². The molecule has 0 radical (unpaired) electrons. The van der Waals surface area contributed by atoms with Gasteiger partial charge in [-0.25, -0.2) is 8.42 Å². The van der Waals surface area contributed by atoms with Gasteiger partial charge in [-0.2, -0.15) is 4.31 Å². The molecule has 0 aromatic heterocycles. The Morgan fingerprint density at radius 2 is 1.95 bits per heavy atom. The maximum Gasteiger partial charge on any atom is 0.243 e. The first-order chi connectivity index (χ1) is 9.32. The van der Waals surface area contributed by atoms with Crippen molar-refractivity contribution in [3.63, 3.8) is 0 Å². The third-order valence-electron chi connectivity index (χ3n) is 3.83. The molecule has 1 saturated heterocycles. The maximum absolute atomic E-state index is 12.6. The average Bonchev–Trinajstić information content (AvgIpc) is 2.39. The molecule has 5 heteroatoms. The molecule has 4 nitrogen and oxygen atoms in total. The largest absolute Gasteiger partial charge is 0.392 e. The summed E-state index contributed by atoms with van der Waals surface area (Å²) >= 11 is 0. The number of sulfonamides is 1. The molecule has 20 heavy (non-hydrogen) atoms. The zero-order valence-corrected chi connectivity index (χ0v) is 12.7. The molecule has 0 bridgehead atoms. The Balaban J connectivity index is 2.26. The lowest BCUT2D eigenvalue weighted by Crippen LogP contribution is -2.46. The molecule has 0 unspecified atom stereocenters. The van der Waals surface area contributed by atoms with Crippen LogP contribution in [0.5, 0.6) is 0 Å². The second-order valence-electron chi connectivity index (χ2n) is 5.48. The monoisotopic (exact) mass is 295 g/mol. The first-order valence-electron chi connectivity index (χ1n) is 6.72. The number of piperidine rings is 1. The lowest BCUT2D eigenvalue weighted by molar-refractivity contribution is 0.0710. The fourth-order valence-corrected chi connectivity index (χ4v) is 3.95. The van der Waals surface area contributed by atoms with Crippen LogP contribution in [0.1, 0.15) is 18.9 Å². The number of hydrogen-bond acceptors (Lipinski definition) is 3. The van der Waals surface area contributed by atoms with E-state index in [4.69, 9.17) is 0 Å². The molecule has 1 aromatic rings. The van der Waals surface area contributed by atoms with Gasteiger partial charge in [0.2, 0.25) is 10.0 Å². The van der Waals surface area contributed by atoms with Crippen molar-refractivity contribution in [3.05, 3.63) is 42.0 Å². The van der Waals surface area contributed by atoms with Crippen LogP contribution in [0, 0.1) is 12.8 Å². The topological polar surface area (TPSA) is 57.6 Å². The zero-order valence-electron chi connectivity index (χ0n) is 11.9. The quantitative estimate of drug-likeness (QED) is 0.867. The lowest BCUT2D eigenvalue weighted by atomic mass is 9.90. The van der Waals surface area contributed by atoms with Gasteiger partial charge in [0.05, 0.1) is 11.0 Å². The van der Waals surface area contributed by atoms with Crippen molar-refractivity contribution in [2.45, 2.75) is 31.3 Å². The summed E-state index contributed by atoms with van der Waals surface area (Å²) in [7, 11) is -3.49. The van der Waals surface area contributed by atoms with Crippen LogP contribution in [-0.2, 0) is 10.0 Å². The van der Waals surface area contributed by atoms with Crippen molar-refractivity contribution in [1.82, 2.24) is 4.31 Å². The third-order valence-corrected chi connectivity index (χ3v) is 5.71. The molecule has 0 aliphatic carbocycles. The van der Waals surface area contributed by atoms with Crippen molar-refractivity contribution < 1.29 is 13.5 Å². The van der Waals surface area contributed by atoms with Gasteiger partial charge in [-0.15, -0.1) is 0 Å². The third kappa shape index (κ3) is 2.95. The highest BCUT2D eigenvalue weighted by Gasteiger charge is 2.34. The van der Waals surface area contributed by atoms with Crippen LogP contribution < -0.4 is 0 Å². The van der Waals surface area contributed by atoms with Gasteiger partial charge in [0.1, 0.15) is 0 Å². The number of rotatable bonds is 3. The zero-order chi connectivity index (χ0) is 14.9. The Bertz CT molecular complexity index is 592. The van der Waals surface area contributed by atoms with E-state index in [0.29, 0.717) is 24.4 Å². The van der Waals surface area contributed by atoms with E-state index in [1.165, 1.54) is 4.31 Å². The molecule has 1 aliphatic heterocycles. The Kier molecular flexibility index (Phi) is 4.32. The maximum atomic E-state index is 12.6. The van der Waals surface area contributed by atoms with Crippen LogP contribution >= 0.6 is 0 Å². The second kappa shape index (κ2) is 5.68. The van der Waals surface area contributed by atoms with Crippen molar-refractivity contribution >= 4 is 10.0 Å². The number of benzene rings is 1. The molecule has 0 amide bonds. The van der Waals surface area contributed by atoms with E-state index in [9.17, 15) is 13.5 Å². The van der Waals surface area contributed by atoms with Gasteiger partial charge in [-0.1, -0.05) is 29.8 Å². The molecule has 1 fully saturated rings. The molecular weight excluding hydrogens is 274 g/mol. The molecule has 1 aromatic carbocycles. The van der Waals surface area contributed by atoms with E-state index in [1.807, 2.05) is 13.8 Å². The summed E-state index contributed by atoms with van der Waals surface area (Å²) in [5, 5.41) is 9.95. The summed E-state index contributed by atoms with van der Waals surface area (Å²) in [4.78, 5) is 0.306. The minimum atomic E-state index is -3.49. The molecule has 0 spiro atoms. The van der Waals surface area contributed by atoms with Crippen molar-refractivity contribution in [2.75, 3.05) is 13.1 Å². The molecule has 1 heterocycles. The SMILES string of the molecule is C=C(C)[C@H]1CN(S(=O)(=O)c2ccc(C)cc2)CC[C@H]1O. The van der Waals surface area contributed by atoms with E-state index < -0.39 is 16.1 Å². The minimum Gasteiger partial charge on any atom is -0.392 e. The number of aliphatic hydroxyl groups is 1. The molecule has 1 N–H and O–H groups in total. The van der Waals surface area contributed by atoms with Crippen LogP contribution in [0.4, 0.5) is 0 Å². The molecule has 0 saturated carbocycles. The smallest absolute Gasteiger partial charge is 0.243 e. The van der Waals surface area contributed by atoms with Crippen molar-refractivity contribution in [1.29, 1.82) is 0 Å². The summed E-state index contributed by atoms with van der Waals surface area (Å²) in [6, 6.07) is 6.85. The van der Waals surface area contributed by atoms with Crippen molar-refractivity contribution in [2.24, 2.45) is 5.92 Å². The van der Waals surface area contributed by atoms with Gasteiger partial charge in [-0.3, -0.25) is 0 Å². The fourth-order valence-electron chi connectivity index (χ4n) is 2.47. The van der Waals surface area contributed by atoms with Crippen LogP contribution in [0.15, 0.2) is 41.3 Å². The number of aliphatic hydroxyl groups excluding tert-OH is 1. The Morgan fingerprint density at radius 3 is 2.50 bits per heavy atom. The van der Waals surface area contributed by atoms with E-state index in [2.05, 4.69) is 6.58 Å². The highest BCUT2D eigenvalue weighted by atomic mass is 32.2. The number of nitrogens with zero attached hydrogens (tertiary/aromatic N) is 1. The lowest BCUT2D eigenvalue weighted by Gasteiger charge is -2.35. The first-order valence-corrected chi connectivity index (χ1v) is 8.16. The van der Waals surface area contributed by atoms with Crippen LogP contribution in [0.25, 0.3) is 0 Å². The molecule has 2 atom stereocenters. The molecule has 2 rings (SSSR count). The summed E-state index contributed by atoms with van der Waals surface area (Å²) in [5.74, 6) is -0.191. The van der Waals surface area contributed by atoms with E-state index in [-0.39, 0.29) is 5.92 Å². The summed E-state index contributed by atoms with van der Waals surface area (Å²) in [5.41, 5.74) is 1.85. The van der Waals surface area contributed by atoms with E-state index in [0.717, 1.165) is 11.1 Å². The Hall–Kier alpha value is -1.17. The summed E-state index contributed by atoms with van der Waals surface area (Å²) in [6.45, 7) is 8.25. The normalized spacial score (nSPS) is 24.6. The van der Waals surface area contributed by atoms with Gasteiger partial charge in [-0.05, 0) is 32.4 Å². The second-order valence-corrected chi connectivity index (χ2v) is 7.42. The van der Waals surface area contributed by atoms with Gasteiger partial charge in [0, 0.05) is 19.0 Å². The predicted octanol–water partition coefficient (Wildman–Crippen LogP) is 1.94. The minimum absolute atomic E-state index is 0.191. The van der Waals surface area contributed by atoms with E-state index in [1.54, 1.807) is 24.3 Å². The first kappa shape index (κ1) is 15.2. The highest BCUT2D eigenvalue weighted by molar-refractivity contribution is 7.89. The standard InChI is InChI=1S/C15H21NO3S/c1-11(2)14-10-16(9-8-15(14)17)20(18,19)13-6-4-12(3)5-7-13/h4-7,14-15,17H,1,8-10H2,2-3H3/t14-,15-/m1/s1. The molecule has 1 aliphatic rings. The van der Waals surface area contributed by atoms with Gasteiger partial charge >= 0.3 is 0 Å². The number of aryl methyl sites for hydroxylation is 1. The van der Waals surface area contributed by atoms with Gasteiger partial charge < -0.3 is 5.11 Å².